The van der Waals surface area contributed by atoms with Crippen LogP contribution in [0.2, 0.25) is 0 Å². The maximum absolute atomic E-state index is 5.35. The molecule has 3 heterocycles. The standard InChI is InChI=1S/C40H46N6.C4H6.Mn/c1-28-25-34(38(4,5)31-19-13-10-14-20-31)41-44(28)37(45-29(2)26-35(42-45)39(6,7)32-21-15-11-16-22-32)46-30(3)27-36(43-46)40(8,9)33-23-17-12-18-24-33;1-3-4-2;/h10-27,37H,1-9H3;3-4H,1-2H2;. The van der Waals surface area contributed by atoms with Crippen LogP contribution < -0.4 is 0 Å². The topological polar surface area (TPSA) is 53.5 Å². The van der Waals surface area contributed by atoms with E-state index in [1.807, 2.05) is 0 Å². The van der Waals surface area contributed by atoms with Gasteiger partial charge >= 0.3 is 0 Å². The molecule has 6 aromatic rings. The summed E-state index contributed by atoms with van der Waals surface area (Å²) in [5.74, 6) is 0. The average molecular weight is 720 g/mol. The van der Waals surface area contributed by atoms with Crippen molar-refractivity contribution < 1.29 is 17.1 Å². The number of nitrogens with zero attached hydrogens (tertiary/aromatic N) is 6. The normalized spacial score (nSPS) is 11.8. The van der Waals surface area contributed by atoms with E-state index >= 15 is 0 Å². The summed E-state index contributed by atoms with van der Waals surface area (Å²) < 4.78 is 6.29. The van der Waals surface area contributed by atoms with Crippen LogP contribution in [-0.4, -0.2) is 29.3 Å². The second-order valence-corrected chi connectivity index (χ2v) is 14.6. The van der Waals surface area contributed by atoms with Crippen molar-refractivity contribution in [3.8, 4) is 0 Å². The SMILES string of the molecule is C=CC=C.Cc1cc(C(C)(C)c2ccccc2)nn1C(n1nc(C(C)(C)c2ccccc2)cc1C)n1nc(C(C)(C)c2ccccc2)cc1C.[Mn]. The van der Waals surface area contributed by atoms with Gasteiger partial charge in [0.1, 0.15) is 0 Å². The van der Waals surface area contributed by atoms with E-state index in [0.29, 0.717) is 0 Å². The first kappa shape index (κ1) is 39.1. The second-order valence-electron chi connectivity index (χ2n) is 14.6. The van der Waals surface area contributed by atoms with Crippen molar-refractivity contribution in [2.24, 2.45) is 0 Å². The van der Waals surface area contributed by atoms with Crippen molar-refractivity contribution in [2.45, 2.75) is 84.8 Å². The molecule has 265 valence electrons. The summed E-state index contributed by atoms with van der Waals surface area (Å²) in [4.78, 5) is 0. The number of aromatic nitrogens is 6. The molecule has 0 bridgehead atoms. The van der Waals surface area contributed by atoms with E-state index in [1.165, 1.54) is 16.7 Å². The Labute approximate surface area is 315 Å². The molecule has 3 aromatic heterocycles. The molecule has 0 saturated carbocycles. The minimum atomic E-state index is -0.444. The molecule has 0 aliphatic rings. The third-order valence-corrected chi connectivity index (χ3v) is 10.00. The van der Waals surface area contributed by atoms with E-state index in [-0.39, 0.29) is 33.3 Å². The van der Waals surface area contributed by atoms with E-state index in [4.69, 9.17) is 15.3 Å². The minimum Gasteiger partial charge on any atom is -0.224 e. The van der Waals surface area contributed by atoms with Gasteiger partial charge in [0.25, 0.3) is 0 Å². The van der Waals surface area contributed by atoms with Gasteiger partial charge in [-0.15, -0.1) is 0 Å². The molecule has 0 N–H and O–H groups in total. The summed E-state index contributed by atoms with van der Waals surface area (Å²) >= 11 is 0. The Kier molecular flexibility index (Phi) is 12.0. The van der Waals surface area contributed by atoms with Crippen LogP contribution in [0.4, 0.5) is 0 Å². The fourth-order valence-electron chi connectivity index (χ4n) is 6.40. The average Bonchev–Trinajstić information content (AvgIpc) is 3.84. The Morgan fingerprint density at radius 1 is 0.471 bits per heavy atom. The first-order valence-electron chi connectivity index (χ1n) is 17.3. The molecule has 3 aromatic carbocycles. The predicted octanol–water partition coefficient (Wildman–Crippen LogP) is 10.1. The number of hydrogen-bond acceptors (Lipinski definition) is 3. The molecule has 1 radical (unpaired) electrons. The van der Waals surface area contributed by atoms with Crippen molar-refractivity contribution in [1.82, 2.24) is 29.3 Å². The molecule has 6 nitrogen and oxygen atoms in total. The third kappa shape index (κ3) is 7.80. The summed E-state index contributed by atoms with van der Waals surface area (Å²) in [7, 11) is 0. The summed E-state index contributed by atoms with van der Waals surface area (Å²) in [5.41, 5.74) is 8.94. The van der Waals surface area contributed by atoms with Crippen molar-refractivity contribution in [3.63, 3.8) is 0 Å². The molecular weight excluding hydrogens is 667 g/mol. The van der Waals surface area contributed by atoms with E-state index in [0.717, 1.165) is 34.2 Å². The molecule has 0 amide bonds. The van der Waals surface area contributed by atoms with Crippen molar-refractivity contribution in [2.75, 3.05) is 0 Å². The molecule has 0 spiro atoms. The maximum Gasteiger partial charge on any atom is 0.238 e. The molecular formula is C44H52MnN6. The summed E-state index contributed by atoms with van der Waals surface area (Å²) in [6.07, 6.45) is 2.83. The van der Waals surface area contributed by atoms with Crippen molar-refractivity contribution in [1.29, 1.82) is 0 Å². The fourth-order valence-corrected chi connectivity index (χ4v) is 6.40. The van der Waals surface area contributed by atoms with Gasteiger partial charge in [0.2, 0.25) is 6.29 Å². The maximum atomic E-state index is 5.35. The van der Waals surface area contributed by atoms with Crippen LogP contribution in [0.15, 0.2) is 135 Å². The summed E-state index contributed by atoms with van der Waals surface area (Å²) in [6, 6.07) is 38.4. The van der Waals surface area contributed by atoms with Crippen LogP contribution >= 0.6 is 0 Å². The van der Waals surface area contributed by atoms with Gasteiger partial charge in [-0.2, -0.15) is 15.3 Å². The van der Waals surface area contributed by atoms with Gasteiger partial charge in [-0.1, -0.05) is 158 Å². The molecule has 0 fully saturated rings. The van der Waals surface area contributed by atoms with Crippen molar-refractivity contribution in [3.05, 3.63) is 185 Å². The van der Waals surface area contributed by atoms with E-state index < -0.39 is 6.29 Å². The van der Waals surface area contributed by atoms with Gasteiger partial charge < -0.3 is 0 Å². The van der Waals surface area contributed by atoms with Gasteiger partial charge in [0, 0.05) is 50.4 Å². The van der Waals surface area contributed by atoms with Crippen LogP contribution in [-0.2, 0) is 33.3 Å². The Morgan fingerprint density at radius 3 is 0.922 bits per heavy atom. The Balaban J connectivity index is 0.00000111. The summed E-state index contributed by atoms with van der Waals surface area (Å²) in [5, 5.41) is 16.0. The molecule has 0 aliphatic heterocycles. The molecule has 7 heteroatoms. The molecule has 0 saturated heterocycles. The van der Waals surface area contributed by atoms with Gasteiger partial charge in [0.05, 0.1) is 17.1 Å². The van der Waals surface area contributed by atoms with Crippen LogP contribution in [0.3, 0.4) is 0 Å². The zero-order valence-corrected chi connectivity index (χ0v) is 32.8. The molecule has 51 heavy (non-hydrogen) atoms. The number of allylic oxidation sites excluding steroid dienone is 2. The number of benzene rings is 3. The first-order chi connectivity index (χ1) is 23.7. The fraction of sp³-hybridized carbons (Fsp3) is 0.295. The zero-order chi connectivity index (χ0) is 36.3. The zero-order valence-electron chi connectivity index (χ0n) is 31.6. The summed E-state index contributed by atoms with van der Waals surface area (Å²) in [6.45, 7) is 26.5. The van der Waals surface area contributed by atoms with Crippen molar-refractivity contribution >= 4 is 0 Å². The largest absolute Gasteiger partial charge is 0.238 e. The number of rotatable bonds is 10. The van der Waals surface area contributed by atoms with E-state index in [2.05, 4.69) is 199 Å². The molecule has 0 atom stereocenters. The molecule has 0 unspecified atom stereocenters. The smallest absolute Gasteiger partial charge is 0.224 e. The Hall–Kier alpha value is -4.71. The third-order valence-electron chi connectivity index (χ3n) is 10.00. The van der Waals surface area contributed by atoms with Crippen LogP contribution in [0, 0.1) is 20.8 Å². The van der Waals surface area contributed by atoms with E-state index in [9.17, 15) is 0 Å². The Bertz CT molecular complexity index is 1810. The quantitative estimate of drug-likeness (QED) is 0.105. The number of aryl methyl sites for hydroxylation is 3. The van der Waals surface area contributed by atoms with Gasteiger partial charge in [-0.25, -0.2) is 14.0 Å². The minimum absolute atomic E-state index is 0. The first-order valence-corrected chi connectivity index (χ1v) is 17.3. The number of hydrogen-bond donors (Lipinski definition) is 0. The predicted molar refractivity (Wildman–Crippen MR) is 207 cm³/mol. The van der Waals surface area contributed by atoms with E-state index in [1.54, 1.807) is 12.2 Å². The van der Waals surface area contributed by atoms with Crippen LogP contribution in [0.25, 0.3) is 0 Å². The molecule has 6 rings (SSSR count). The van der Waals surface area contributed by atoms with Gasteiger partial charge in [-0.05, 0) is 55.7 Å². The van der Waals surface area contributed by atoms with Crippen LogP contribution in [0.5, 0.6) is 0 Å². The van der Waals surface area contributed by atoms with Gasteiger partial charge in [-0.3, -0.25) is 0 Å². The van der Waals surface area contributed by atoms with Gasteiger partial charge in [0.15, 0.2) is 0 Å². The monoisotopic (exact) mass is 719 g/mol. The molecule has 0 aliphatic carbocycles. The second kappa shape index (κ2) is 15.7. The Morgan fingerprint density at radius 2 is 0.706 bits per heavy atom. The van der Waals surface area contributed by atoms with Crippen LogP contribution in [0.1, 0.15) is 98.7 Å².